The maximum Gasteiger partial charge on any atom is 0.0817 e. The molecule has 0 spiro atoms. The number of nitrogens with two attached hydrogens (primary N) is 1. The molecule has 1 heterocycles. The molecule has 1 atom stereocenters. The second-order valence-electron chi connectivity index (χ2n) is 4.70. The minimum atomic E-state index is -0.327. The van der Waals surface area contributed by atoms with Gasteiger partial charge in [0.1, 0.15) is 0 Å². The number of rotatable bonds is 6. The van der Waals surface area contributed by atoms with Crippen LogP contribution in [0.4, 0.5) is 5.69 Å². The molecule has 1 aromatic heterocycles. The maximum absolute atomic E-state index is 6.01. The topological polar surface area (TPSA) is 60.2 Å². The molecule has 4 heteroatoms. The van der Waals surface area contributed by atoms with E-state index in [1.165, 1.54) is 0 Å². The zero-order valence-electron chi connectivity index (χ0n) is 11.2. The van der Waals surface area contributed by atoms with Crippen molar-refractivity contribution in [1.82, 2.24) is 10.3 Å². The summed E-state index contributed by atoms with van der Waals surface area (Å²) in [5, 5.41) is 3.47. The SMILES string of the molecule is CCCNC(c1cnccc1N)C(C)(C)OC. The fourth-order valence-corrected chi connectivity index (χ4v) is 1.80. The van der Waals surface area contributed by atoms with Crippen LogP contribution < -0.4 is 11.1 Å². The molecule has 0 amide bonds. The Kier molecular flexibility index (Phi) is 4.90. The summed E-state index contributed by atoms with van der Waals surface area (Å²) in [6.45, 7) is 7.15. The second-order valence-corrected chi connectivity index (χ2v) is 4.70. The number of methoxy groups -OCH3 is 1. The van der Waals surface area contributed by atoms with Gasteiger partial charge in [-0.15, -0.1) is 0 Å². The van der Waals surface area contributed by atoms with Gasteiger partial charge < -0.3 is 15.8 Å². The third-order valence-electron chi connectivity index (χ3n) is 3.02. The highest BCUT2D eigenvalue weighted by molar-refractivity contribution is 5.47. The van der Waals surface area contributed by atoms with E-state index in [9.17, 15) is 0 Å². The molecule has 0 aliphatic carbocycles. The van der Waals surface area contributed by atoms with E-state index in [-0.39, 0.29) is 11.6 Å². The van der Waals surface area contributed by atoms with Gasteiger partial charge in [-0.1, -0.05) is 6.92 Å². The number of hydrogen-bond donors (Lipinski definition) is 2. The fourth-order valence-electron chi connectivity index (χ4n) is 1.80. The number of pyridine rings is 1. The van der Waals surface area contributed by atoms with E-state index in [0.717, 1.165) is 24.2 Å². The number of nitrogens with zero attached hydrogens (tertiary/aromatic N) is 1. The zero-order valence-corrected chi connectivity index (χ0v) is 11.2. The number of hydrogen-bond acceptors (Lipinski definition) is 4. The summed E-state index contributed by atoms with van der Waals surface area (Å²) in [5.41, 5.74) is 7.42. The Labute approximate surface area is 104 Å². The molecule has 17 heavy (non-hydrogen) atoms. The van der Waals surface area contributed by atoms with Gasteiger partial charge in [0.2, 0.25) is 0 Å². The number of ether oxygens (including phenoxy) is 1. The van der Waals surface area contributed by atoms with E-state index in [1.807, 2.05) is 26.1 Å². The summed E-state index contributed by atoms with van der Waals surface area (Å²) in [4.78, 5) is 4.15. The maximum atomic E-state index is 6.01. The van der Waals surface area contributed by atoms with E-state index >= 15 is 0 Å². The van der Waals surface area contributed by atoms with Gasteiger partial charge >= 0.3 is 0 Å². The van der Waals surface area contributed by atoms with Gasteiger partial charge in [0.15, 0.2) is 0 Å². The highest BCUT2D eigenvalue weighted by Crippen LogP contribution is 2.31. The number of nitrogen functional groups attached to an aromatic ring is 1. The van der Waals surface area contributed by atoms with Crippen molar-refractivity contribution in [3.05, 3.63) is 24.0 Å². The first-order valence-corrected chi connectivity index (χ1v) is 6.00. The molecule has 3 N–H and O–H groups in total. The highest BCUT2D eigenvalue weighted by atomic mass is 16.5. The average molecular weight is 237 g/mol. The fraction of sp³-hybridized carbons (Fsp3) is 0.615. The molecule has 4 nitrogen and oxygen atoms in total. The van der Waals surface area contributed by atoms with Gasteiger partial charge in [-0.05, 0) is 32.9 Å². The van der Waals surface area contributed by atoms with E-state index < -0.39 is 0 Å². The predicted molar refractivity (Wildman–Crippen MR) is 70.8 cm³/mol. The van der Waals surface area contributed by atoms with Crippen LogP contribution in [-0.4, -0.2) is 24.2 Å². The first kappa shape index (κ1) is 13.9. The molecular formula is C13H23N3O. The lowest BCUT2D eigenvalue weighted by Gasteiger charge is -2.34. The minimum absolute atomic E-state index is 0.0427. The van der Waals surface area contributed by atoms with Gasteiger partial charge in [0.05, 0.1) is 11.6 Å². The number of anilines is 1. The number of aromatic nitrogens is 1. The Hall–Kier alpha value is -1.13. The lowest BCUT2D eigenvalue weighted by atomic mass is 9.91. The van der Waals surface area contributed by atoms with Crippen LogP contribution in [0.2, 0.25) is 0 Å². The molecule has 1 unspecified atom stereocenters. The van der Waals surface area contributed by atoms with Crippen LogP contribution in [0.3, 0.4) is 0 Å². The van der Waals surface area contributed by atoms with Crippen molar-refractivity contribution in [2.75, 3.05) is 19.4 Å². The standard InChI is InChI=1S/C13H23N3O/c1-5-7-16-12(13(2,3)17-4)10-9-15-8-6-11(10)14/h6,8-9,12,16H,5,7H2,1-4H3,(H2,14,15). The van der Waals surface area contributed by atoms with Crippen molar-refractivity contribution in [1.29, 1.82) is 0 Å². The molecule has 0 saturated carbocycles. The molecule has 0 bridgehead atoms. The van der Waals surface area contributed by atoms with Crippen LogP contribution in [0.5, 0.6) is 0 Å². The van der Waals surface area contributed by atoms with Gasteiger partial charge in [0.25, 0.3) is 0 Å². The summed E-state index contributed by atoms with van der Waals surface area (Å²) in [6.07, 6.45) is 4.58. The normalized spacial score (nSPS) is 13.6. The highest BCUT2D eigenvalue weighted by Gasteiger charge is 2.31. The van der Waals surface area contributed by atoms with Crippen molar-refractivity contribution < 1.29 is 4.74 Å². The molecule has 0 aromatic carbocycles. The summed E-state index contributed by atoms with van der Waals surface area (Å²) in [6, 6.07) is 1.86. The summed E-state index contributed by atoms with van der Waals surface area (Å²) in [7, 11) is 1.72. The molecule has 96 valence electrons. The number of nitrogens with one attached hydrogen (secondary N) is 1. The molecule has 0 fully saturated rings. The van der Waals surface area contributed by atoms with Gasteiger partial charge in [-0.2, -0.15) is 0 Å². The van der Waals surface area contributed by atoms with Gasteiger partial charge in [-0.3, -0.25) is 4.98 Å². The molecular weight excluding hydrogens is 214 g/mol. The average Bonchev–Trinajstić information content (AvgIpc) is 2.31. The Balaban J connectivity index is 3.02. The summed E-state index contributed by atoms with van der Waals surface area (Å²) in [5.74, 6) is 0. The first-order valence-electron chi connectivity index (χ1n) is 6.00. The van der Waals surface area contributed by atoms with Crippen LogP contribution in [0.25, 0.3) is 0 Å². The summed E-state index contributed by atoms with van der Waals surface area (Å²) < 4.78 is 5.56. The summed E-state index contributed by atoms with van der Waals surface area (Å²) >= 11 is 0. The van der Waals surface area contributed by atoms with E-state index in [1.54, 1.807) is 13.3 Å². The molecule has 1 aromatic rings. The lowest BCUT2D eigenvalue weighted by Crippen LogP contribution is -2.41. The molecule has 0 aliphatic heterocycles. The Morgan fingerprint density at radius 3 is 2.76 bits per heavy atom. The monoisotopic (exact) mass is 237 g/mol. The lowest BCUT2D eigenvalue weighted by molar-refractivity contribution is -0.0109. The third kappa shape index (κ3) is 3.41. The van der Waals surface area contributed by atoms with Crippen LogP contribution >= 0.6 is 0 Å². The second kappa shape index (κ2) is 5.98. The smallest absolute Gasteiger partial charge is 0.0817 e. The van der Waals surface area contributed by atoms with Crippen molar-refractivity contribution in [3.8, 4) is 0 Å². The van der Waals surface area contributed by atoms with Crippen molar-refractivity contribution in [3.63, 3.8) is 0 Å². The van der Waals surface area contributed by atoms with Crippen LogP contribution in [-0.2, 0) is 4.74 Å². The van der Waals surface area contributed by atoms with Crippen LogP contribution in [0.15, 0.2) is 18.5 Å². The van der Waals surface area contributed by atoms with Gasteiger partial charge in [0, 0.05) is 30.8 Å². The Morgan fingerprint density at radius 1 is 1.53 bits per heavy atom. The van der Waals surface area contributed by atoms with E-state index in [0.29, 0.717) is 0 Å². The van der Waals surface area contributed by atoms with Crippen molar-refractivity contribution >= 4 is 5.69 Å². The quantitative estimate of drug-likeness (QED) is 0.795. The third-order valence-corrected chi connectivity index (χ3v) is 3.02. The Bertz CT molecular complexity index is 352. The zero-order chi connectivity index (χ0) is 12.9. The van der Waals surface area contributed by atoms with Crippen molar-refractivity contribution in [2.45, 2.75) is 38.8 Å². The molecule has 0 radical (unpaired) electrons. The predicted octanol–water partition coefficient (Wildman–Crippen LogP) is 2.13. The van der Waals surface area contributed by atoms with E-state index in [2.05, 4.69) is 17.2 Å². The molecule has 0 aliphatic rings. The molecule has 0 saturated heterocycles. The minimum Gasteiger partial charge on any atom is -0.398 e. The van der Waals surface area contributed by atoms with Crippen molar-refractivity contribution in [2.24, 2.45) is 0 Å². The van der Waals surface area contributed by atoms with E-state index in [4.69, 9.17) is 10.5 Å². The Morgan fingerprint density at radius 2 is 2.24 bits per heavy atom. The largest absolute Gasteiger partial charge is 0.398 e. The van der Waals surface area contributed by atoms with Crippen LogP contribution in [0.1, 0.15) is 38.8 Å². The van der Waals surface area contributed by atoms with Gasteiger partial charge in [-0.25, -0.2) is 0 Å². The molecule has 1 rings (SSSR count). The van der Waals surface area contributed by atoms with Crippen LogP contribution in [0, 0.1) is 0 Å². The first-order chi connectivity index (χ1) is 8.03.